The predicted molar refractivity (Wildman–Crippen MR) is 57.3 cm³/mol. The van der Waals surface area contributed by atoms with E-state index in [0.29, 0.717) is 10.6 Å². The SMILES string of the molecule is CC.Cc1coc2c(Cl)cc(F)cc12. The highest BCUT2D eigenvalue weighted by molar-refractivity contribution is 6.34. The minimum absolute atomic E-state index is 0.318. The van der Waals surface area contributed by atoms with Gasteiger partial charge in [-0.25, -0.2) is 4.39 Å². The number of aryl methyl sites for hydroxylation is 1. The molecule has 0 aliphatic heterocycles. The molecule has 2 aromatic rings. The summed E-state index contributed by atoms with van der Waals surface area (Å²) in [6.07, 6.45) is 1.57. The van der Waals surface area contributed by atoms with Gasteiger partial charge in [-0.1, -0.05) is 25.4 Å². The second kappa shape index (κ2) is 4.47. The summed E-state index contributed by atoms with van der Waals surface area (Å²) < 4.78 is 18.0. The third-order valence-electron chi connectivity index (χ3n) is 1.79. The number of hydrogen-bond acceptors (Lipinski definition) is 1. The molecular formula is C11H12ClFO. The number of halogens is 2. The quantitative estimate of drug-likeness (QED) is 0.627. The predicted octanol–water partition coefficient (Wildman–Crippen LogP) is 4.56. The van der Waals surface area contributed by atoms with Crippen LogP contribution in [0.5, 0.6) is 0 Å². The standard InChI is InChI=1S/C9H6ClFO.C2H6/c1-5-4-12-9-7(5)2-6(11)3-8(9)10;1-2/h2-4H,1H3;1-2H3. The van der Waals surface area contributed by atoms with E-state index in [2.05, 4.69) is 0 Å². The maximum atomic E-state index is 12.8. The Hall–Kier alpha value is -1.02. The lowest BCUT2D eigenvalue weighted by Crippen LogP contribution is -1.75. The van der Waals surface area contributed by atoms with Crippen LogP contribution in [-0.4, -0.2) is 0 Å². The van der Waals surface area contributed by atoms with Gasteiger partial charge in [-0.2, -0.15) is 0 Å². The van der Waals surface area contributed by atoms with Crippen LogP contribution in [0, 0.1) is 12.7 Å². The van der Waals surface area contributed by atoms with E-state index in [0.717, 1.165) is 10.9 Å². The molecule has 0 fully saturated rings. The molecule has 76 valence electrons. The molecule has 1 aromatic heterocycles. The molecule has 0 aliphatic carbocycles. The molecule has 0 saturated carbocycles. The van der Waals surface area contributed by atoms with Crippen molar-refractivity contribution in [3.63, 3.8) is 0 Å². The van der Waals surface area contributed by atoms with Crippen molar-refractivity contribution in [2.75, 3.05) is 0 Å². The first-order valence-corrected chi connectivity index (χ1v) is 4.89. The van der Waals surface area contributed by atoms with E-state index < -0.39 is 0 Å². The fourth-order valence-electron chi connectivity index (χ4n) is 1.18. The molecule has 0 N–H and O–H groups in total. The van der Waals surface area contributed by atoms with E-state index in [9.17, 15) is 4.39 Å². The number of benzene rings is 1. The van der Waals surface area contributed by atoms with E-state index in [-0.39, 0.29) is 5.82 Å². The first kappa shape index (κ1) is 11.1. The molecule has 0 unspecified atom stereocenters. The Kier molecular flexibility index (Phi) is 3.53. The van der Waals surface area contributed by atoms with Gasteiger partial charge in [-0.15, -0.1) is 0 Å². The van der Waals surface area contributed by atoms with Crippen LogP contribution in [0.1, 0.15) is 19.4 Å². The van der Waals surface area contributed by atoms with Crippen molar-refractivity contribution in [2.24, 2.45) is 0 Å². The van der Waals surface area contributed by atoms with Crippen molar-refractivity contribution in [1.82, 2.24) is 0 Å². The number of hydrogen-bond donors (Lipinski definition) is 0. The van der Waals surface area contributed by atoms with E-state index in [1.807, 2.05) is 20.8 Å². The van der Waals surface area contributed by atoms with E-state index >= 15 is 0 Å². The van der Waals surface area contributed by atoms with Crippen LogP contribution in [-0.2, 0) is 0 Å². The Balaban J connectivity index is 0.000000461. The minimum atomic E-state index is -0.336. The summed E-state index contributed by atoms with van der Waals surface area (Å²) in [5, 5.41) is 1.05. The molecule has 1 nitrogen and oxygen atoms in total. The van der Waals surface area contributed by atoms with Gasteiger partial charge >= 0.3 is 0 Å². The third kappa shape index (κ3) is 1.90. The van der Waals surface area contributed by atoms with Crippen molar-refractivity contribution in [2.45, 2.75) is 20.8 Å². The van der Waals surface area contributed by atoms with Gasteiger partial charge < -0.3 is 4.42 Å². The Morgan fingerprint density at radius 3 is 2.57 bits per heavy atom. The van der Waals surface area contributed by atoms with Crippen molar-refractivity contribution in [3.05, 3.63) is 34.8 Å². The molecular weight excluding hydrogens is 203 g/mol. The van der Waals surface area contributed by atoms with Crippen LogP contribution in [0.2, 0.25) is 5.02 Å². The smallest absolute Gasteiger partial charge is 0.152 e. The van der Waals surface area contributed by atoms with Crippen molar-refractivity contribution < 1.29 is 8.81 Å². The highest BCUT2D eigenvalue weighted by atomic mass is 35.5. The van der Waals surface area contributed by atoms with Crippen LogP contribution >= 0.6 is 11.6 Å². The Morgan fingerprint density at radius 1 is 1.29 bits per heavy atom. The minimum Gasteiger partial charge on any atom is -0.462 e. The van der Waals surface area contributed by atoms with E-state index in [1.165, 1.54) is 12.1 Å². The van der Waals surface area contributed by atoms with Gasteiger partial charge in [0.1, 0.15) is 5.82 Å². The Morgan fingerprint density at radius 2 is 1.93 bits per heavy atom. The number of rotatable bonds is 0. The summed E-state index contributed by atoms with van der Waals surface area (Å²) in [7, 11) is 0. The zero-order valence-corrected chi connectivity index (χ0v) is 9.15. The summed E-state index contributed by atoms with van der Waals surface area (Å²) in [6, 6.07) is 2.66. The summed E-state index contributed by atoms with van der Waals surface area (Å²) >= 11 is 5.74. The number of fused-ring (bicyclic) bond motifs is 1. The van der Waals surface area contributed by atoms with E-state index in [4.69, 9.17) is 16.0 Å². The van der Waals surface area contributed by atoms with Crippen LogP contribution in [0.4, 0.5) is 4.39 Å². The normalized spacial score (nSPS) is 9.79. The van der Waals surface area contributed by atoms with Gasteiger partial charge in [0.05, 0.1) is 11.3 Å². The zero-order valence-electron chi connectivity index (χ0n) is 8.40. The molecule has 1 heterocycles. The van der Waals surface area contributed by atoms with Gasteiger partial charge in [0.15, 0.2) is 5.58 Å². The molecule has 1 aromatic carbocycles. The van der Waals surface area contributed by atoms with E-state index in [1.54, 1.807) is 6.26 Å². The maximum absolute atomic E-state index is 12.8. The van der Waals surface area contributed by atoms with Gasteiger partial charge in [0.2, 0.25) is 0 Å². The van der Waals surface area contributed by atoms with Crippen LogP contribution in [0.25, 0.3) is 11.0 Å². The largest absolute Gasteiger partial charge is 0.462 e. The average Bonchev–Trinajstić information content (AvgIpc) is 2.52. The lowest BCUT2D eigenvalue weighted by Gasteiger charge is -1.93. The Bertz CT molecular complexity index is 434. The second-order valence-electron chi connectivity index (χ2n) is 2.68. The molecule has 0 saturated heterocycles. The molecule has 14 heavy (non-hydrogen) atoms. The molecule has 2 rings (SSSR count). The molecule has 0 radical (unpaired) electrons. The average molecular weight is 215 g/mol. The van der Waals surface area contributed by atoms with Crippen LogP contribution in [0.15, 0.2) is 22.8 Å². The third-order valence-corrected chi connectivity index (χ3v) is 2.07. The summed E-state index contributed by atoms with van der Waals surface area (Å²) in [4.78, 5) is 0. The first-order chi connectivity index (χ1) is 6.68. The van der Waals surface area contributed by atoms with Gasteiger partial charge in [-0.05, 0) is 24.6 Å². The zero-order chi connectivity index (χ0) is 10.7. The summed E-state index contributed by atoms with van der Waals surface area (Å²) in [6.45, 7) is 5.85. The monoisotopic (exact) mass is 214 g/mol. The molecule has 0 atom stereocenters. The fraction of sp³-hybridized carbons (Fsp3) is 0.273. The summed E-state index contributed by atoms with van der Waals surface area (Å²) in [5.41, 5.74) is 1.45. The van der Waals surface area contributed by atoms with Crippen molar-refractivity contribution in [3.8, 4) is 0 Å². The maximum Gasteiger partial charge on any atom is 0.152 e. The lowest BCUT2D eigenvalue weighted by atomic mass is 10.2. The highest BCUT2D eigenvalue weighted by Crippen LogP contribution is 2.28. The lowest BCUT2D eigenvalue weighted by molar-refractivity contribution is 0.608. The van der Waals surface area contributed by atoms with Gasteiger partial charge in [0.25, 0.3) is 0 Å². The molecule has 3 heteroatoms. The first-order valence-electron chi connectivity index (χ1n) is 4.51. The highest BCUT2D eigenvalue weighted by Gasteiger charge is 2.07. The number of furan rings is 1. The van der Waals surface area contributed by atoms with Crippen molar-refractivity contribution >= 4 is 22.6 Å². The topological polar surface area (TPSA) is 13.1 Å². The molecule has 0 bridgehead atoms. The van der Waals surface area contributed by atoms with Gasteiger partial charge in [0, 0.05) is 5.39 Å². The second-order valence-corrected chi connectivity index (χ2v) is 3.09. The fourth-order valence-corrected chi connectivity index (χ4v) is 1.43. The molecule has 0 amide bonds. The van der Waals surface area contributed by atoms with Crippen LogP contribution in [0.3, 0.4) is 0 Å². The van der Waals surface area contributed by atoms with Crippen molar-refractivity contribution in [1.29, 1.82) is 0 Å². The Labute approximate surface area is 87.5 Å². The summed E-state index contributed by atoms with van der Waals surface area (Å²) in [5.74, 6) is -0.336. The van der Waals surface area contributed by atoms with Crippen LogP contribution < -0.4 is 0 Å². The molecule has 0 aliphatic rings. The van der Waals surface area contributed by atoms with Gasteiger partial charge in [-0.3, -0.25) is 0 Å². The molecule has 0 spiro atoms.